The Morgan fingerprint density at radius 1 is 1.31 bits per heavy atom. The third-order valence-corrected chi connectivity index (χ3v) is 4.08. The Morgan fingerprint density at radius 3 is 2.58 bits per heavy atom. The summed E-state index contributed by atoms with van der Waals surface area (Å²) in [6, 6.07) is 3.01. The lowest BCUT2D eigenvalue weighted by Crippen LogP contribution is -2.29. The molecule has 0 aliphatic carbocycles. The number of aryl methyl sites for hydroxylation is 1. The van der Waals surface area contributed by atoms with E-state index in [9.17, 15) is 23.5 Å². The second kappa shape index (κ2) is 8.09. The van der Waals surface area contributed by atoms with Crippen LogP contribution in [0.3, 0.4) is 0 Å². The van der Waals surface area contributed by atoms with E-state index in [-0.39, 0.29) is 17.8 Å². The van der Waals surface area contributed by atoms with Crippen LogP contribution >= 0.6 is 0 Å². The van der Waals surface area contributed by atoms with Gasteiger partial charge >= 0.3 is 5.97 Å². The summed E-state index contributed by atoms with van der Waals surface area (Å²) in [5.74, 6) is -3.18. The molecule has 140 valence electrons. The Kier molecular flexibility index (Phi) is 6.10. The minimum Gasteiger partial charge on any atom is -0.465 e. The van der Waals surface area contributed by atoms with Crippen molar-refractivity contribution in [2.75, 3.05) is 13.7 Å². The van der Waals surface area contributed by atoms with E-state index in [4.69, 9.17) is 4.74 Å². The van der Waals surface area contributed by atoms with Crippen LogP contribution in [0.25, 0.3) is 0 Å². The number of hydrogen-bond acceptors (Lipinski definition) is 4. The first kappa shape index (κ1) is 19.6. The normalized spacial score (nSPS) is 11.9. The van der Waals surface area contributed by atoms with Gasteiger partial charge in [-0.05, 0) is 36.6 Å². The standard InChI is InChI=1S/C18H20F2N2O4/c1-4-13-15(18(25)26-3)9(2)16(22-13)17(24)21-8-14(23)10-5-6-11(19)12(20)7-10/h5-7,14,22-23H,4,8H2,1-3H3,(H,21,24). The zero-order valence-corrected chi connectivity index (χ0v) is 14.7. The molecule has 6 nitrogen and oxygen atoms in total. The van der Waals surface area contributed by atoms with Crippen LogP contribution in [0.4, 0.5) is 8.78 Å². The molecule has 1 aromatic heterocycles. The summed E-state index contributed by atoms with van der Waals surface area (Å²) in [4.78, 5) is 27.1. The number of carbonyl (C=O) groups excluding carboxylic acids is 2. The van der Waals surface area contributed by atoms with Crippen LogP contribution in [0, 0.1) is 18.6 Å². The van der Waals surface area contributed by atoms with Gasteiger partial charge in [-0.25, -0.2) is 13.6 Å². The number of methoxy groups -OCH3 is 1. The molecule has 0 aliphatic rings. The van der Waals surface area contributed by atoms with Gasteiger partial charge in [0.15, 0.2) is 11.6 Å². The Hall–Kier alpha value is -2.74. The molecular weight excluding hydrogens is 346 g/mol. The van der Waals surface area contributed by atoms with E-state index in [1.54, 1.807) is 6.92 Å². The molecule has 2 aromatic rings. The van der Waals surface area contributed by atoms with Crippen LogP contribution in [0.1, 0.15) is 50.7 Å². The van der Waals surface area contributed by atoms with Crippen molar-refractivity contribution >= 4 is 11.9 Å². The monoisotopic (exact) mass is 366 g/mol. The van der Waals surface area contributed by atoms with Crippen LogP contribution < -0.4 is 5.32 Å². The predicted molar refractivity (Wildman–Crippen MR) is 89.9 cm³/mol. The van der Waals surface area contributed by atoms with Gasteiger partial charge in [0.2, 0.25) is 0 Å². The highest BCUT2D eigenvalue weighted by Gasteiger charge is 2.24. The molecule has 0 spiro atoms. The smallest absolute Gasteiger partial charge is 0.339 e. The number of aliphatic hydroxyl groups is 1. The van der Waals surface area contributed by atoms with Gasteiger partial charge < -0.3 is 20.1 Å². The fraction of sp³-hybridized carbons (Fsp3) is 0.333. The molecule has 0 radical (unpaired) electrons. The number of aromatic nitrogens is 1. The minimum atomic E-state index is -1.21. The van der Waals surface area contributed by atoms with Gasteiger partial charge in [-0.3, -0.25) is 4.79 Å². The third kappa shape index (κ3) is 3.91. The number of H-pyrrole nitrogens is 1. The van der Waals surface area contributed by atoms with E-state index in [0.717, 1.165) is 12.1 Å². The molecule has 2 rings (SSSR count). The maximum absolute atomic E-state index is 13.2. The average molecular weight is 366 g/mol. The Balaban J connectivity index is 2.13. The summed E-state index contributed by atoms with van der Waals surface area (Å²) in [5.41, 5.74) is 1.63. The Labute approximate surface area is 149 Å². The van der Waals surface area contributed by atoms with Crippen molar-refractivity contribution in [3.05, 3.63) is 57.9 Å². The molecule has 1 aromatic carbocycles. The van der Waals surface area contributed by atoms with Crippen molar-refractivity contribution in [1.82, 2.24) is 10.3 Å². The molecule has 0 aliphatic heterocycles. The third-order valence-electron chi connectivity index (χ3n) is 4.08. The Bertz CT molecular complexity index is 833. The number of nitrogens with one attached hydrogen (secondary N) is 2. The maximum Gasteiger partial charge on any atom is 0.339 e. The average Bonchev–Trinajstić information content (AvgIpc) is 2.97. The molecule has 8 heteroatoms. The summed E-state index contributed by atoms with van der Waals surface area (Å²) >= 11 is 0. The number of ether oxygens (including phenoxy) is 1. The molecule has 0 bridgehead atoms. The topological polar surface area (TPSA) is 91.4 Å². The molecule has 3 N–H and O–H groups in total. The van der Waals surface area contributed by atoms with E-state index in [1.165, 1.54) is 13.2 Å². The number of hydrogen-bond donors (Lipinski definition) is 3. The van der Waals surface area contributed by atoms with Crippen LogP contribution in [0.15, 0.2) is 18.2 Å². The van der Waals surface area contributed by atoms with E-state index in [0.29, 0.717) is 23.2 Å². The number of amides is 1. The molecule has 0 saturated heterocycles. The lowest BCUT2D eigenvalue weighted by Gasteiger charge is -2.12. The maximum atomic E-state index is 13.2. The minimum absolute atomic E-state index is 0.136. The van der Waals surface area contributed by atoms with E-state index >= 15 is 0 Å². The number of rotatable bonds is 6. The molecule has 0 saturated carbocycles. The molecule has 1 amide bonds. The SMILES string of the molecule is CCc1[nH]c(C(=O)NCC(O)c2ccc(F)c(F)c2)c(C)c1C(=O)OC. The van der Waals surface area contributed by atoms with Gasteiger partial charge in [0, 0.05) is 12.2 Å². The number of aromatic amines is 1. The fourth-order valence-corrected chi connectivity index (χ4v) is 2.64. The van der Waals surface area contributed by atoms with E-state index in [1.807, 2.05) is 6.92 Å². The molecule has 1 atom stereocenters. The number of benzene rings is 1. The number of halogens is 2. The quantitative estimate of drug-likeness (QED) is 0.685. The highest BCUT2D eigenvalue weighted by Crippen LogP contribution is 2.21. The highest BCUT2D eigenvalue weighted by atomic mass is 19.2. The van der Waals surface area contributed by atoms with Crippen molar-refractivity contribution in [1.29, 1.82) is 0 Å². The lowest BCUT2D eigenvalue weighted by molar-refractivity contribution is 0.0599. The largest absolute Gasteiger partial charge is 0.465 e. The summed E-state index contributed by atoms with van der Waals surface area (Å²) in [6.07, 6.45) is -0.717. The summed E-state index contributed by atoms with van der Waals surface area (Å²) in [6.45, 7) is 3.23. The van der Waals surface area contributed by atoms with Gasteiger partial charge in [-0.1, -0.05) is 13.0 Å². The van der Waals surface area contributed by atoms with E-state index in [2.05, 4.69) is 10.3 Å². The van der Waals surface area contributed by atoms with Crippen molar-refractivity contribution in [3.8, 4) is 0 Å². The van der Waals surface area contributed by atoms with Crippen LogP contribution in [0.5, 0.6) is 0 Å². The van der Waals surface area contributed by atoms with Gasteiger partial charge in [0.25, 0.3) is 5.91 Å². The molecular formula is C18H20F2N2O4. The van der Waals surface area contributed by atoms with Crippen molar-refractivity contribution < 1.29 is 28.2 Å². The number of aliphatic hydroxyl groups excluding tert-OH is 1. The first-order chi connectivity index (χ1) is 12.3. The zero-order valence-electron chi connectivity index (χ0n) is 14.7. The van der Waals surface area contributed by atoms with Crippen LogP contribution in [-0.2, 0) is 11.2 Å². The summed E-state index contributed by atoms with van der Waals surface area (Å²) in [7, 11) is 1.26. The predicted octanol–water partition coefficient (Wildman–Crippen LogP) is 2.41. The molecule has 1 unspecified atom stereocenters. The summed E-state index contributed by atoms with van der Waals surface area (Å²) < 4.78 is 30.9. The fourth-order valence-electron chi connectivity index (χ4n) is 2.64. The lowest BCUT2D eigenvalue weighted by atomic mass is 10.1. The van der Waals surface area contributed by atoms with Gasteiger partial charge in [-0.2, -0.15) is 0 Å². The van der Waals surface area contributed by atoms with Crippen molar-refractivity contribution in [2.24, 2.45) is 0 Å². The second-order valence-electron chi connectivity index (χ2n) is 5.72. The van der Waals surface area contributed by atoms with Crippen LogP contribution in [-0.4, -0.2) is 35.6 Å². The first-order valence-electron chi connectivity index (χ1n) is 8.01. The molecule has 0 fully saturated rings. The highest BCUT2D eigenvalue weighted by molar-refractivity contribution is 6.00. The summed E-state index contributed by atoms with van der Waals surface area (Å²) in [5, 5.41) is 12.6. The van der Waals surface area contributed by atoms with E-state index < -0.39 is 29.6 Å². The Morgan fingerprint density at radius 2 is 2.00 bits per heavy atom. The van der Waals surface area contributed by atoms with Gasteiger partial charge in [0.05, 0.1) is 18.8 Å². The number of esters is 1. The van der Waals surface area contributed by atoms with Gasteiger partial charge in [0.1, 0.15) is 5.69 Å². The first-order valence-corrected chi connectivity index (χ1v) is 8.01. The van der Waals surface area contributed by atoms with Crippen molar-refractivity contribution in [3.63, 3.8) is 0 Å². The number of carbonyl (C=O) groups is 2. The second-order valence-corrected chi connectivity index (χ2v) is 5.72. The van der Waals surface area contributed by atoms with Gasteiger partial charge in [-0.15, -0.1) is 0 Å². The van der Waals surface area contributed by atoms with Crippen LogP contribution in [0.2, 0.25) is 0 Å². The zero-order chi connectivity index (χ0) is 19.4. The molecule has 1 heterocycles. The van der Waals surface area contributed by atoms with Crippen molar-refractivity contribution in [2.45, 2.75) is 26.4 Å². The molecule has 26 heavy (non-hydrogen) atoms.